The van der Waals surface area contributed by atoms with Crippen LogP contribution < -0.4 is 6.15 Å². The van der Waals surface area contributed by atoms with E-state index in [2.05, 4.69) is 48.5 Å². The van der Waals surface area contributed by atoms with Crippen molar-refractivity contribution in [1.82, 2.24) is 6.15 Å². The number of hydrogen-bond acceptors (Lipinski definition) is 1. The van der Waals surface area contributed by atoms with Crippen molar-refractivity contribution >= 4 is 24.3 Å². The smallest absolute Gasteiger partial charge is 0.0184 e. The van der Waals surface area contributed by atoms with E-state index in [9.17, 15) is 0 Å². The summed E-state index contributed by atoms with van der Waals surface area (Å²) in [5.41, 5.74) is 0. The number of hydrogen-bond donors (Lipinski definition) is 1. The van der Waals surface area contributed by atoms with E-state index in [1.807, 2.05) is 0 Å². The second kappa shape index (κ2) is 4.80. The van der Waals surface area contributed by atoms with Gasteiger partial charge in [0.25, 0.3) is 0 Å². The van der Waals surface area contributed by atoms with Gasteiger partial charge in [0, 0.05) is 0 Å². The lowest BCUT2D eigenvalue weighted by Crippen LogP contribution is -1.67. The van der Waals surface area contributed by atoms with Gasteiger partial charge in [-0.2, -0.15) is 13.5 Å². The summed E-state index contributed by atoms with van der Waals surface area (Å²) in [4.78, 5) is 0. The highest BCUT2D eigenvalue weighted by Crippen LogP contribution is 2.11. The Morgan fingerprint density at radius 3 is 1.08 bits per heavy atom. The first-order valence-electron chi connectivity index (χ1n) is 3.40. The van der Waals surface area contributed by atoms with E-state index in [0.717, 1.165) is 0 Å². The molecule has 0 saturated heterocycles. The first-order valence-corrected chi connectivity index (χ1v) is 3.40. The molecule has 12 heavy (non-hydrogen) atoms. The second-order valence-electron chi connectivity index (χ2n) is 2.35. The van der Waals surface area contributed by atoms with Crippen LogP contribution >= 0.6 is 13.5 Å². The topological polar surface area (TPSA) is 35.0 Å². The molecule has 0 unspecified atom stereocenters. The zero-order valence-electron chi connectivity index (χ0n) is 6.83. The quantitative estimate of drug-likeness (QED) is 0.662. The van der Waals surface area contributed by atoms with Gasteiger partial charge in [-0.15, -0.1) is 0 Å². The Hall–Kier alpha value is -0.990. The molecule has 0 aromatic heterocycles. The van der Waals surface area contributed by atoms with Crippen LogP contribution in [0.3, 0.4) is 0 Å². The molecule has 0 aliphatic heterocycles. The molecule has 2 heteroatoms. The van der Waals surface area contributed by atoms with E-state index in [-0.39, 0.29) is 19.6 Å². The molecule has 2 aromatic rings. The van der Waals surface area contributed by atoms with Crippen molar-refractivity contribution < 1.29 is 0 Å². The van der Waals surface area contributed by atoms with Crippen LogP contribution in [0.2, 0.25) is 0 Å². The SMILES string of the molecule is N.S.c1ccc2ccccc2c1. The van der Waals surface area contributed by atoms with Crippen LogP contribution in [0.5, 0.6) is 0 Å². The summed E-state index contributed by atoms with van der Waals surface area (Å²) in [6.07, 6.45) is 0. The van der Waals surface area contributed by atoms with Gasteiger partial charge in [0.15, 0.2) is 0 Å². The van der Waals surface area contributed by atoms with Gasteiger partial charge in [-0.1, -0.05) is 48.5 Å². The monoisotopic (exact) mass is 179 g/mol. The zero-order valence-corrected chi connectivity index (χ0v) is 7.83. The first-order chi connectivity index (χ1) is 4.97. The second-order valence-corrected chi connectivity index (χ2v) is 2.35. The molecular weight excluding hydrogens is 166 g/mol. The normalized spacial score (nSPS) is 8.33. The van der Waals surface area contributed by atoms with Crippen molar-refractivity contribution in [2.75, 3.05) is 0 Å². The Bertz CT molecular complexity index is 281. The van der Waals surface area contributed by atoms with E-state index < -0.39 is 0 Å². The molecule has 0 aliphatic rings. The van der Waals surface area contributed by atoms with Crippen molar-refractivity contribution in [2.45, 2.75) is 0 Å². The summed E-state index contributed by atoms with van der Waals surface area (Å²) >= 11 is 0. The number of rotatable bonds is 0. The highest BCUT2D eigenvalue weighted by atomic mass is 32.1. The van der Waals surface area contributed by atoms with Gasteiger partial charge in [-0.25, -0.2) is 0 Å². The number of fused-ring (bicyclic) bond motifs is 1. The highest BCUT2D eigenvalue weighted by molar-refractivity contribution is 7.59. The predicted octanol–water partition coefficient (Wildman–Crippen LogP) is 3.11. The van der Waals surface area contributed by atoms with Crippen molar-refractivity contribution in [3.05, 3.63) is 48.5 Å². The molecule has 0 aliphatic carbocycles. The van der Waals surface area contributed by atoms with Crippen molar-refractivity contribution in [2.24, 2.45) is 0 Å². The van der Waals surface area contributed by atoms with E-state index in [0.29, 0.717) is 0 Å². The summed E-state index contributed by atoms with van der Waals surface area (Å²) in [5.74, 6) is 0. The van der Waals surface area contributed by atoms with E-state index in [4.69, 9.17) is 0 Å². The Morgan fingerprint density at radius 2 is 0.833 bits per heavy atom. The van der Waals surface area contributed by atoms with Gasteiger partial charge in [0.2, 0.25) is 0 Å². The maximum absolute atomic E-state index is 2.12. The van der Waals surface area contributed by atoms with Crippen LogP contribution in [0.15, 0.2) is 48.5 Å². The fourth-order valence-electron chi connectivity index (χ4n) is 1.13. The minimum Gasteiger partial charge on any atom is -0.344 e. The molecule has 0 radical (unpaired) electrons. The Kier molecular flexibility index (Phi) is 4.40. The molecule has 0 amide bonds. The lowest BCUT2D eigenvalue weighted by atomic mass is 10.1. The van der Waals surface area contributed by atoms with Crippen LogP contribution in [0, 0.1) is 0 Å². The van der Waals surface area contributed by atoms with E-state index >= 15 is 0 Å². The predicted molar refractivity (Wildman–Crippen MR) is 59.4 cm³/mol. The minimum atomic E-state index is 0. The third-order valence-electron chi connectivity index (χ3n) is 1.66. The summed E-state index contributed by atoms with van der Waals surface area (Å²) in [5, 5.41) is 2.62. The van der Waals surface area contributed by atoms with Crippen molar-refractivity contribution in [1.29, 1.82) is 0 Å². The van der Waals surface area contributed by atoms with Gasteiger partial charge in [0.1, 0.15) is 0 Å². The van der Waals surface area contributed by atoms with E-state index in [1.165, 1.54) is 10.8 Å². The lowest BCUT2D eigenvalue weighted by molar-refractivity contribution is 1.75. The minimum absolute atomic E-state index is 0. The molecule has 0 heterocycles. The molecule has 1 nitrogen and oxygen atoms in total. The summed E-state index contributed by atoms with van der Waals surface area (Å²) in [6.45, 7) is 0. The molecule has 2 rings (SSSR count). The molecular formula is C10H13NS. The molecule has 0 atom stereocenters. The van der Waals surface area contributed by atoms with Crippen LogP contribution in [0.25, 0.3) is 10.8 Å². The largest absolute Gasteiger partial charge is 0.344 e. The fraction of sp³-hybridized carbons (Fsp3) is 0. The maximum atomic E-state index is 2.12. The van der Waals surface area contributed by atoms with E-state index in [1.54, 1.807) is 0 Å². The first kappa shape index (κ1) is 11.0. The summed E-state index contributed by atoms with van der Waals surface area (Å²) in [7, 11) is 0. The van der Waals surface area contributed by atoms with Gasteiger partial charge < -0.3 is 6.15 Å². The van der Waals surface area contributed by atoms with Crippen molar-refractivity contribution in [3.8, 4) is 0 Å². The Labute approximate surface area is 79.4 Å². The average molecular weight is 179 g/mol. The molecule has 3 N–H and O–H groups in total. The Morgan fingerprint density at radius 1 is 0.583 bits per heavy atom. The average Bonchev–Trinajstić information content (AvgIpc) is 2.05. The van der Waals surface area contributed by atoms with Crippen LogP contribution in [-0.4, -0.2) is 0 Å². The molecule has 0 spiro atoms. The van der Waals surface area contributed by atoms with Gasteiger partial charge in [0.05, 0.1) is 0 Å². The third-order valence-corrected chi connectivity index (χ3v) is 1.66. The van der Waals surface area contributed by atoms with Gasteiger partial charge in [-0.3, -0.25) is 0 Å². The van der Waals surface area contributed by atoms with Crippen LogP contribution in [-0.2, 0) is 0 Å². The zero-order chi connectivity index (χ0) is 6.81. The standard InChI is InChI=1S/C10H8.H3N.H2S/c1-2-6-10-8-4-3-7-9(10)5-1;;/h1-8H;1H3;1H2. The Balaban J connectivity index is 0.000000605. The number of benzene rings is 2. The summed E-state index contributed by atoms with van der Waals surface area (Å²) < 4.78 is 0. The molecule has 2 aromatic carbocycles. The molecule has 0 fully saturated rings. The van der Waals surface area contributed by atoms with Crippen LogP contribution in [0.4, 0.5) is 0 Å². The summed E-state index contributed by atoms with van der Waals surface area (Å²) in [6, 6.07) is 16.7. The van der Waals surface area contributed by atoms with Gasteiger partial charge >= 0.3 is 0 Å². The molecule has 64 valence electrons. The highest BCUT2D eigenvalue weighted by Gasteiger charge is 1.85. The fourth-order valence-corrected chi connectivity index (χ4v) is 1.13. The van der Waals surface area contributed by atoms with Gasteiger partial charge in [-0.05, 0) is 10.8 Å². The van der Waals surface area contributed by atoms with Crippen LogP contribution in [0.1, 0.15) is 0 Å². The lowest BCUT2D eigenvalue weighted by Gasteiger charge is -1.92. The third kappa shape index (κ3) is 2.00. The maximum Gasteiger partial charge on any atom is -0.0184 e. The van der Waals surface area contributed by atoms with Crippen molar-refractivity contribution in [3.63, 3.8) is 0 Å². The molecule has 0 bridgehead atoms. The molecule has 0 saturated carbocycles.